The van der Waals surface area contributed by atoms with Crippen LogP contribution in [0.1, 0.15) is 20.3 Å². The number of carbonyl (C=O) groups excluding carboxylic acids is 1. The lowest BCUT2D eigenvalue weighted by Crippen LogP contribution is -2.41. The van der Waals surface area contributed by atoms with E-state index in [2.05, 4.69) is 0 Å². The quantitative estimate of drug-likeness (QED) is 0.706. The molecule has 0 aliphatic carbocycles. The van der Waals surface area contributed by atoms with Gasteiger partial charge in [-0.05, 0) is 26.3 Å². The molecule has 0 radical (unpaired) electrons. The summed E-state index contributed by atoms with van der Waals surface area (Å²) in [6.07, 6.45) is 0.594. The summed E-state index contributed by atoms with van der Waals surface area (Å²) < 4.78 is 5.29. The molecule has 1 aliphatic heterocycles. The lowest BCUT2D eigenvalue weighted by Gasteiger charge is -2.29. The van der Waals surface area contributed by atoms with Crippen molar-refractivity contribution in [1.82, 2.24) is 4.90 Å². The minimum Gasteiger partial charge on any atom is -0.377 e. The molecular formula is C10H20N2O2. The van der Waals surface area contributed by atoms with E-state index >= 15 is 0 Å². The third kappa shape index (κ3) is 2.69. The van der Waals surface area contributed by atoms with Gasteiger partial charge in [0.2, 0.25) is 5.91 Å². The van der Waals surface area contributed by atoms with E-state index in [1.54, 1.807) is 7.11 Å². The minimum atomic E-state index is -0.265. The number of likely N-dealkylation sites (tertiary alicyclic amines) is 1. The normalized spacial score (nSPS) is 23.3. The first-order chi connectivity index (χ1) is 6.48. The lowest BCUT2D eigenvalue weighted by atomic mass is 10.1. The molecule has 1 rings (SSSR count). The fourth-order valence-electron chi connectivity index (χ4n) is 1.69. The van der Waals surface area contributed by atoms with Gasteiger partial charge < -0.3 is 15.4 Å². The van der Waals surface area contributed by atoms with Crippen LogP contribution in [0.3, 0.4) is 0 Å². The third-order valence-electron chi connectivity index (χ3n) is 2.75. The van der Waals surface area contributed by atoms with Gasteiger partial charge in [0.25, 0.3) is 0 Å². The molecule has 1 amide bonds. The van der Waals surface area contributed by atoms with Gasteiger partial charge in [-0.15, -0.1) is 0 Å². The second-order valence-corrected chi connectivity index (χ2v) is 4.54. The largest absolute Gasteiger partial charge is 0.377 e. The Morgan fingerprint density at radius 1 is 1.64 bits per heavy atom. The first-order valence-corrected chi connectivity index (χ1v) is 5.01. The molecule has 1 heterocycles. The Labute approximate surface area is 85.4 Å². The third-order valence-corrected chi connectivity index (χ3v) is 2.75. The summed E-state index contributed by atoms with van der Waals surface area (Å²) in [5.74, 6) is 0.528. The van der Waals surface area contributed by atoms with E-state index < -0.39 is 0 Å². The summed E-state index contributed by atoms with van der Waals surface area (Å²) in [4.78, 5) is 13.4. The van der Waals surface area contributed by atoms with Crippen LogP contribution in [-0.2, 0) is 9.53 Å². The van der Waals surface area contributed by atoms with Crippen LogP contribution < -0.4 is 5.73 Å². The van der Waals surface area contributed by atoms with Crippen LogP contribution in [0.4, 0.5) is 0 Å². The molecule has 0 spiro atoms. The van der Waals surface area contributed by atoms with Crippen molar-refractivity contribution < 1.29 is 9.53 Å². The maximum absolute atomic E-state index is 11.6. The summed E-state index contributed by atoms with van der Waals surface area (Å²) >= 11 is 0. The number of nitrogens with zero attached hydrogens (tertiary/aromatic N) is 1. The molecule has 1 aliphatic rings. The van der Waals surface area contributed by atoms with Crippen LogP contribution in [0.2, 0.25) is 0 Å². The summed E-state index contributed by atoms with van der Waals surface area (Å²) in [5, 5.41) is 0. The van der Waals surface area contributed by atoms with Crippen molar-refractivity contribution in [1.29, 1.82) is 0 Å². The Balaban J connectivity index is 2.50. The van der Waals surface area contributed by atoms with Crippen LogP contribution in [0.5, 0.6) is 0 Å². The number of methoxy groups -OCH3 is 1. The summed E-state index contributed by atoms with van der Waals surface area (Å²) in [6, 6.07) is 0. The highest BCUT2D eigenvalue weighted by Crippen LogP contribution is 2.20. The molecule has 4 heteroatoms. The zero-order valence-electron chi connectivity index (χ0n) is 9.25. The van der Waals surface area contributed by atoms with E-state index in [0.717, 1.165) is 6.54 Å². The first-order valence-electron chi connectivity index (χ1n) is 5.01. The van der Waals surface area contributed by atoms with Crippen LogP contribution in [0, 0.1) is 5.92 Å². The van der Waals surface area contributed by atoms with E-state index in [4.69, 9.17) is 10.5 Å². The molecule has 2 N–H and O–H groups in total. The van der Waals surface area contributed by atoms with Crippen molar-refractivity contribution in [2.45, 2.75) is 25.9 Å². The Morgan fingerprint density at radius 2 is 2.29 bits per heavy atom. The Hall–Kier alpha value is -0.610. The second kappa shape index (κ2) is 4.28. The highest BCUT2D eigenvalue weighted by atomic mass is 16.5. The standard InChI is InChI=1S/C10H20N2O2/c1-10(2,14-3)7-12-6-8(5-11)4-9(12)13/h8H,4-7,11H2,1-3H3. The van der Waals surface area contributed by atoms with Gasteiger partial charge in [0.05, 0.1) is 5.60 Å². The zero-order chi connectivity index (χ0) is 10.8. The molecule has 4 nitrogen and oxygen atoms in total. The molecule has 0 aromatic rings. The average Bonchev–Trinajstić information content (AvgIpc) is 2.47. The predicted molar refractivity (Wildman–Crippen MR) is 54.8 cm³/mol. The zero-order valence-corrected chi connectivity index (χ0v) is 9.25. The van der Waals surface area contributed by atoms with Gasteiger partial charge in [0.1, 0.15) is 0 Å². The van der Waals surface area contributed by atoms with Crippen molar-refractivity contribution >= 4 is 5.91 Å². The minimum absolute atomic E-state index is 0.200. The van der Waals surface area contributed by atoms with Gasteiger partial charge in [-0.1, -0.05) is 0 Å². The van der Waals surface area contributed by atoms with E-state index in [0.29, 0.717) is 25.4 Å². The molecule has 1 fully saturated rings. The number of carbonyl (C=O) groups is 1. The highest BCUT2D eigenvalue weighted by Gasteiger charge is 2.32. The first kappa shape index (κ1) is 11.5. The maximum Gasteiger partial charge on any atom is 0.223 e. The number of nitrogens with two attached hydrogens (primary N) is 1. The van der Waals surface area contributed by atoms with Crippen LogP contribution in [0.15, 0.2) is 0 Å². The smallest absolute Gasteiger partial charge is 0.223 e. The number of amides is 1. The summed E-state index contributed by atoms with van der Waals surface area (Å²) in [5.41, 5.74) is 5.28. The molecule has 1 unspecified atom stereocenters. The molecule has 14 heavy (non-hydrogen) atoms. The van der Waals surface area contributed by atoms with E-state index in [1.165, 1.54) is 0 Å². The Kier molecular flexibility index (Phi) is 3.50. The maximum atomic E-state index is 11.6. The Bertz CT molecular complexity index is 216. The molecule has 0 bridgehead atoms. The molecule has 0 aromatic carbocycles. The summed E-state index contributed by atoms with van der Waals surface area (Å²) in [7, 11) is 1.67. The lowest BCUT2D eigenvalue weighted by molar-refractivity contribution is -0.130. The van der Waals surface area contributed by atoms with Gasteiger partial charge >= 0.3 is 0 Å². The van der Waals surface area contributed by atoms with Crippen LogP contribution in [-0.4, -0.2) is 43.2 Å². The van der Waals surface area contributed by atoms with Crippen molar-refractivity contribution in [3.63, 3.8) is 0 Å². The average molecular weight is 200 g/mol. The molecule has 1 atom stereocenters. The van der Waals surface area contributed by atoms with Crippen molar-refractivity contribution in [3.8, 4) is 0 Å². The van der Waals surface area contributed by atoms with Crippen LogP contribution in [0.25, 0.3) is 0 Å². The van der Waals surface area contributed by atoms with E-state index in [-0.39, 0.29) is 11.5 Å². The topological polar surface area (TPSA) is 55.6 Å². The number of hydrogen-bond acceptors (Lipinski definition) is 3. The molecule has 82 valence electrons. The predicted octanol–water partition coefficient (Wildman–Crippen LogP) is 0.219. The van der Waals surface area contributed by atoms with Crippen molar-refractivity contribution in [3.05, 3.63) is 0 Å². The van der Waals surface area contributed by atoms with Gasteiger partial charge in [0, 0.05) is 26.6 Å². The number of hydrogen-bond donors (Lipinski definition) is 1. The highest BCUT2D eigenvalue weighted by molar-refractivity contribution is 5.78. The molecule has 0 aromatic heterocycles. The fraction of sp³-hybridized carbons (Fsp3) is 0.900. The summed E-state index contributed by atoms with van der Waals surface area (Å²) in [6.45, 7) is 5.99. The van der Waals surface area contributed by atoms with Gasteiger partial charge in [-0.25, -0.2) is 0 Å². The molecule has 0 saturated carbocycles. The van der Waals surface area contributed by atoms with Gasteiger partial charge in [-0.2, -0.15) is 0 Å². The van der Waals surface area contributed by atoms with Gasteiger partial charge in [-0.3, -0.25) is 4.79 Å². The SMILES string of the molecule is COC(C)(C)CN1CC(CN)CC1=O. The van der Waals surface area contributed by atoms with Crippen molar-refractivity contribution in [2.24, 2.45) is 11.7 Å². The van der Waals surface area contributed by atoms with E-state index in [1.807, 2.05) is 18.7 Å². The fourth-order valence-corrected chi connectivity index (χ4v) is 1.69. The van der Waals surface area contributed by atoms with Crippen LogP contribution >= 0.6 is 0 Å². The monoisotopic (exact) mass is 200 g/mol. The number of rotatable bonds is 4. The Morgan fingerprint density at radius 3 is 2.71 bits per heavy atom. The molecule has 1 saturated heterocycles. The molecular weight excluding hydrogens is 180 g/mol. The van der Waals surface area contributed by atoms with Crippen molar-refractivity contribution in [2.75, 3.05) is 26.7 Å². The number of ether oxygens (including phenoxy) is 1. The van der Waals surface area contributed by atoms with Gasteiger partial charge in [0.15, 0.2) is 0 Å². The van der Waals surface area contributed by atoms with E-state index in [9.17, 15) is 4.79 Å². The second-order valence-electron chi connectivity index (χ2n) is 4.54.